The second-order valence-corrected chi connectivity index (χ2v) is 0. The molecule has 0 aliphatic heterocycles. The molecule has 0 aliphatic carbocycles. The van der Waals surface area contributed by atoms with Crippen molar-refractivity contribution in [2.45, 2.75) is 0 Å². The average molecular weight is 264 g/mol. The molecular formula is C3AgK2N3. The Morgan fingerprint density at radius 2 is 0.556 bits per heavy atom. The van der Waals surface area contributed by atoms with Crippen LogP contribution in [0.15, 0.2) is 0 Å². The third kappa shape index (κ3) is 122. The molecule has 0 amide bonds. The van der Waals surface area contributed by atoms with Crippen LogP contribution in [0.3, 0.4) is 0 Å². The molecule has 0 saturated carbocycles. The van der Waals surface area contributed by atoms with Crippen LogP contribution < -0.4 is 103 Å². The minimum absolute atomic E-state index is 0. The second-order valence-electron chi connectivity index (χ2n) is 0. The minimum atomic E-state index is 0. The van der Waals surface area contributed by atoms with Gasteiger partial charge in [0.05, 0.1) is 0 Å². The molecule has 3 nitrogen and oxygen atoms in total. The second kappa shape index (κ2) is 153. The van der Waals surface area contributed by atoms with Crippen LogP contribution in [0.4, 0.5) is 0 Å². The van der Waals surface area contributed by atoms with Gasteiger partial charge in [-0.3, -0.25) is 0 Å². The van der Waals surface area contributed by atoms with Crippen molar-refractivity contribution >= 4 is 0 Å². The van der Waals surface area contributed by atoms with Crippen molar-refractivity contribution in [1.82, 2.24) is 0 Å². The third-order valence-corrected chi connectivity index (χ3v) is 0. The van der Waals surface area contributed by atoms with Gasteiger partial charge in [-0.25, -0.2) is 0 Å². The minimum Gasteiger partial charge on any atom is -0.512 e. The summed E-state index contributed by atoms with van der Waals surface area (Å²) in [5, 5.41) is 18.8. The molecule has 0 unspecified atom stereocenters. The molecule has 0 fully saturated rings. The molecule has 0 rings (SSSR count). The maximum absolute atomic E-state index is 6.25. The van der Waals surface area contributed by atoms with Crippen molar-refractivity contribution in [3.63, 3.8) is 0 Å². The molecule has 0 spiro atoms. The fourth-order valence-corrected chi connectivity index (χ4v) is 0. The summed E-state index contributed by atoms with van der Waals surface area (Å²) >= 11 is 0. The van der Waals surface area contributed by atoms with Crippen molar-refractivity contribution in [3.8, 4) is 0 Å². The van der Waals surface area contributed by atoms with Gasteiger partial charge < -0.3 is 35.5 Å². The largest absolute Gasteiger partial charge is 1.00 e. The summed E-state index contributed by atoms with van der Waals surface area (Å²) in [6, 6.07) is 0. The van der Waals surface area contributed by atoms with Crippen LogP contribution in [-0.4, -0.2) is 0 Å². The topological polar surface area (TPSA) is 71.4 Å². The molecule has 0 atom stereocenters. The van der Waals surface area contributed by atoms with E-state index < -0.39 is 0 Å². The maximum atomic E-state index is 6.25. The Hall–Kier alpha value is 2.48. The number of hydrogen-bond donors (Lipinski definition) is 0. The van der Waals surface area contributed by atoms with Crippen LogP contribution >= 0.6 is 0 Å². The summed E-state index contributed by atoms with van der Waals surface area (Å²) in [7, 11) is 0. The van der Waals surface area contributed by atoms with Crippen molar-refractivity contribution in [1.29, 1.82) is 15.8 Å². The van der Waals surface area contributed by atoms with Gasteiger partial charge in [-0.2, -0.15) is 0 Å². The quantitative estimate of drug-likeness (QED) is 0.323. The molecule has 0 heterocycles. The van der Waals surface area contributed by atoms with Gasteiger partial charge in [-0.05, 0) is 0 Å². The van der Waals surface area contributed by atoms with Gasteiger partial charge in [-0.15, -0.1) is 0 Å². The summed E-state index contributed by atoms with van der Waals surface area (Å²) in [6.45, 7) is 14.2. The molecule has 0 aromatic rings. The summed E-state index contributed by atoms with van der Waals surface area (Å²) in [5.41, 5.74) is 0. The molecule has 9 heavy (non-hydrogen) atoms. The molecule has 0 aromatic heterocycles. The van der Waals surface area contributed by atoms with Crippen LogP contribution in [0.25, 0.3) is 0 Å². The average Bonchev–Trinajstić information content (AvgIpc) is 1.81. The van der Waals surface area contributed by atoms with E-state index >= 15 is 0 Å². The van der Waals surface area contributed by atoms with Crippen LogP contribution in [-0.2, 0) is 22.4 Å². The summed E-state index contributed by atoms with van der Waals surface area (Å²) in [6.07, 6.45) is 0. The molecule has 0 saturated heterocycles. The molecule has 40 valence electrons. The van der Waals surface area contributed by atoms with Gasteiger partial charge in [0.1, 0.15) is 0 Å². The first-order chi connectivity index (χ1) is 3.00. The normalized spacial score (nSPS) is 0.667. The Morgan fingerprint density at radius 3 is 0.556 bits per heavy atom. The standard InChI is InChI=1S/3CN.Ag.2K/c3*1-2;;;/q3*-1;3*+1. The summed E-state index contributed by atoms with van der Waals surface area (Å²) in [4.78, 5) is 0. The van der Waals surface area contributed by atoms with E-state index in [0.29, 0.717) is 0 Å². The number of hydrogen-bond acceptors (Lipinski definition) is 3. The van der Waals surface area contributed by atoms with Crippen LogP contribution in [0, 0.1) is 35.5 Å². The number of nitrogens with zero attached hydrogens (tertiary/aromatic N) is 3. The van der Waals surface area contributed by atoms with Crippen molar-refractivity contribution in [2.75, 3.05) is 0 Å². The number of rotatable bonds is 0. The van der Waals surface area contributed by atoms with E-state index in [9.17, 15) is 0 Å². The first kappa shape index (κ1) is 42.0. The fourth-order valence-electron chi connectivity index (χ4n) is 0. The van der Waals surface area contributed by atoms with Crippen LogP contribution in [0.2, 0.25) is 0 Å². The molecule has 6 heteroatoms. The zero-order chi connectivity index (χ0) is 6.00. The monoisotopic (exact) mass is 263 g/mol. The van der Waals surface area contributed by atoms with E-state index in [-0.39, 0.29) is 125 Å². The smallest absolute Gasteiger partial charge is 0.512 e. The first-order valence-electron chi connectivity index (χ1n) is 0.671. The Bertz CT molecular complexity index is 45.5. The zero-order valence-electron chi connectivity index (χ0n) is 5.14. The van der Waals surface area contributed by atoms with Crippen molar-refractivity contribution < 1.29 is 125 Å². The molecule has 0 aliphatic rings. The van der Waals surface area contributed by atoms with E-state index in [4.69, 9.17) is 35.5 Å². The molecular weight excluding hydrogens is 264 g/mol. The summed E-state index contributed by atoms with van der Waals surface area (Å²) < 4.78 is 0. The molecule has 0 aromatic carbocycles. The Balaban J connectivity index is -0.00000000321. The van der Waals surface area contributed by atoms with Gasteiger partial charge in [0.15, 0.2) is 0 Å². The van der Waals surface area contributed by atoms with Crippen LogP contribution in [0.5, 0.6) is 0 Å². The summed E-state index contributed by atoms with van der Waals surface area (Å²) in [5.74, 6) is 0. The van der Waals surface area contributed by atoms with E-state index in [2.05, 4.69) is 0 Å². The van der Waals surface area contributed by atoms with E-state index in [1.807, 2.05) is 0 Å². The fraction of sp³-hybridized carbons (Fsp3) is 0. The van der Waals surface area contributed by atoms with E-state index in [1.165, 1.54) is 0 Å². The van der Waals surface area contributed by atoms with Gasteiger partial charge in [-0.1, -0.05) is 0 Å². The maximum Gasteiger partial charge on any atom is 1.00 e. The van der Waals surface area contributed by atoms with Crippen molar-refractivity contribution in [2.24, 2.45) is 0 Å². The Morgan fingerprint density at radius 1 is 0.556 bits per heavy atom. The van der Waals surface area contributed by atoms with Crippen molar-refractivity contribution in [3.05, 3.63) is 19.7 Å². The van der Waals surface area contributed by atoms with E-state index in [1.54, 1.807) is 0 Å². The Labute approximate surface area is 156 Å². The van der Waals surface area contributed by atoms with Gasteiger partial charge >= 0.3 is 125 Å². The Kier molecular flexibility index (Phi) is 713. The molecule has 0 bridgehead atoms. The third-order valence-electron chi connectivity index (χ3n) is 0. The van der Waals surface area contributed by atoms with Crippen LogP contribution in [0.1, 0.15) is 0 Å². The SMILES string of the molecule is [Ag+].[C-]#N.[C-]#N.[C-]#N.[K+].[K+]. The molecule has 0 radical (unpaired) electrons. The zero-order valence-corrected chi connectivity index (χ0v) is 12.9. The predicted octanol–water partition coefficient (Wildman–Crippen LogP) is -5.71. The first-order valence-corrected chi connectivity index (χ1v) is 0.671. The predicted molar refractivity (Wildman–Crippen MR) is 14.9 cm³/mol. The molecule has 0 N–H and O–H groups in total. The van der Waals surface area contributed by atoms with Gasteiger partial charge in [0.25, 0.3) is 0 Å². The van der Waals surface area contributed by atoms with E-state index in [0.717, 1.165) is 0 Å². The van der Waals surface area contributed by atoms with Gasteiger partial charge in [0, 0.05) is 0 Å². The van der Waals surface area contributed by atoms with Gasteiger partial charge in [0.2, 0.25) is 0 Å².